The smallest absolute Gasteiger partial charge is 0.101 e. The van der Waals surface area contributed by atoms with E-state index < -0.39 is 0 Å². The molecular formula is C7H5BrFN. The van der Waals surface area contributed by atoms with Crippen molar-refractivity contribution in [3.05, 3.63) is 22.0 Å². The topological polar surface area (TPSA) is 23.8 Å². The molecule has 0 radical (unpaired) electrons. The van der Waals surface area contributed by atoms with Crippen LogP contribution in [0.3, 0.4) is 0 Å². The van der Waals surface area contributed by atoms with Crippen LogP contribution in [0, 0.1) is 11.3 Å². The highest BCUT2D eigenvalue weighted by atomic mass is 79.9. The van der Waals surface area contributed by atoms with Gasteiger partial charge >= 0.3 is 0 Å². The quantitative estimate of drug-likeness (QED) is 0.592. The molecule has 0 atom stereocenters. The molecule has 1 aliphatic rings. The Labute approximate surface area is 67.0 Å². The predicted molar refractivity (Wildman–Crippen MR) is 40.0 cm³/mol. The number of nitrogens with zero attached hydrogens (tertiary/aromatic N) is 1. The van der Waals surface area contributed by atoms with E-state index in [4.69, 9.17) is 5.26 Å². The molecule has 1 rings (SSSR count). The first kappa shape index (κ1) is 7.49. The molecule has 0 heterocycles. The van der Waals surface area contributed by atoms with Gasteiger partial charge in [-0.1, -0.05) is 0 Å². The molecule has 0 amide bonds. The molecular weight excluding hydrogens is 197 g/mol. The van der Waals surface area contributed by atoms with Crippen LogP contribution in [0.2, 0.25) is 0 Å². The van der Waals surface area contributed by atoms with Crippen LogP contribution >= 0.6 is 15.9 Å². The second kappa shape index (κ2) is 2.98. The maximum absolute atomic E-state index is 12.4. The van der Waals surface area contributed by atoms with Crippen molar-refractivity contribution in [3.8, 4) is 6.07 Å². The van der Waals surface area contributed by atoms with Crippen molar-refractivity contribution < 1.29 is 4.39 Å². The zero-order valence-corrected chi connectivity index (χ0v) is 6.78. The minimum absolute atomic E-state index is 0.161. The highest BCUT2D eigenvalue weighted by molar-refractivity contribution is 9.11. The first-order valence-corrected chi connectivity index (χ1v) is 3.68. The standard InChI is InChI=1S/C7H5BrFN/c8-7-3-6(9)2-1-5(7)4-10/h3H,1-2H2. The number of allylic oxidation sites excluding steroid dienone is 4. The van der Waals surface area contributed by atoms with Gasteiger partial charge in [0.2, 0.25) is 0 Å². The summed E-state index contributed by atoms with van der Waals surface area (Å²) >= 11 is 3.10. The van der Waals surface area contributed by atoms with Crippen LogP contribution in [0.15, 0.2) is 22.0 Å². The van der Waals surface area contributed by atoms with Gasteiger partial charge in [0, 0.05) is 16.5 Å². The molecule has 10 heavy (non-hydrogen) atoms. The van der Waals surface area contributed by atoms with Gasteiger partial charge in [-0.2, -0.15) is 5.26 Å². The van der Waals surface area contributed by atoms with E-state index in [1.807, 2.05) is 6.07 Å². The predicted octanol–water partition coefficient (Wildman–Crippen LogP) is 2.81. The minimum Gasteiger partial charge on any atom is -0.212 e. The Balaban J connectivity index is 2.93. The number of rotatable bonds is 0. The Bertz CT molecular complexity index is 247. The van der Waals surface area contributed by atoms with Gasteiger partial charge in [-0.25, -0.2) is 4.39 Å². The monoisotopic (exact) mass is 201 g/mol. The van der Waals surface area contributed by atoms with Gasteiger partial charge in [0.15, 0.2) is 0 Å². The fourth-order valence-corrected chi connectivity index (χ4v) is 1.31. The van der Waals surface area contributed by atoms with E-state index in [1.54, 1.807) is 0 Å². The zero-order chi connectivity index (χ0) is 7.56. The SMILES string of the molecule is N#CC1=C(Br)C=C(F)CC1. The molecule has 0 spiro atoms. The zero-order valence-electron chi connectivity index (χ0n) is 5.19. The van der Waals surface area contributed by atoms with Gasteiger partial charge in [-0.05, 0) is 28.4 Å². The van der Waals surface area contributed by atoms with Gasteiger partial charge in [-0.3, -0.25) is 0 Å². The maximum atomic E-state index is 12.4. The summed E-state index contributed by atoms with van der Waals surface area (Å²) in [6.07, 6.45) is 2.22. The lowest BCUT2D eigenvalue weighted by molar-refractivity contribution is 0.584. The Kier molecular flexibility index (Phi) is 2.23. The van der Waals surface area contributed by atoms with E-state index in [-0.39, 0.29) is 5.83 Å². The van der Waals surface area contributed by atoms with E-state index in [0.717, 1.165) is 0 Å². The van der Waals surface area contributed by atoms with Crippen LogP contribution in [0.25, 0.3) is 0 Å². The third kappa shape index (κ3) is 1.45. The highest BCUT2D eigenvalue weighted by Crippen LogP contribution is 2.27. The summed E-state index contributed by atoms with van der Waals surface area (Å²) in [5.74, 6) is -0.161. The summed E-state index contributed by atoms with van der Waals surface area (Å²) in [7, 11) is 0. The van der Waals surface area contributed by atoms with Gasteiger partial charge in [0.25, 0.3) is 0 Å². The molecule has 0 aromatic heterocycles. The van der Waals surface area contributed by atoms with Crippen molar-refractivity contribution in [1.82, 2.24) is 0 Å². The Hall–Kier alpha value is -0.620. The number of hydrogen-bond donors (Lipinski definition) is 0. The average Bonchev–Trinajstić information content (AvgIpc) is 1.88. The lowest BCUT2D eigenvalue weighted by atomic mass is 10.1. The molecule has 0 saturated heterocycles. The summed E-state index contributed by atoms with van der Waals surface area (Å²) in [6.45, 7) is 0. The number of hydrogen-bond acceptors (Lipinski definition) is 1. The number of halogens is 2. The van der Waals surface area contributed by atoms with E-state index in [2.05, 4.69) is 15.9 Å². The third-order valence-corrected chi connectivity index (χ3v) is 2.03. The van der Waals surface area contributed by atoms with Crippen molar-refractivity contribution in [3.63, 3.8) is 0 Å². The van der Waals surface area contributed by atoms with Crippen LogP contribution in [-0.2, 0) is 0 Å². The maximum Gasteiger partial charge on any atom is 0.101 e. The first-order valence-electron chi connectivity index (χ1n) is 2.89. The summed E-state index contributed by atoms with van der Waals surface area (Å²) in [5, 5.41) is 8.46. The number of nitriles is 1. The van der Waals surface area contributed by atoms with Crippen LogP contribution in [0.4, 0.5) is 4.39 Å². The van der Waals surface area contributed by atoms with Gasteiger partial charge in [0.1, 0.15) is 5.83 Å². The van der Waals surface area contributed by atoms with Crippen molar-refractivity contribution in [1.29, 1.82) is 5.26 Å². The summed E-state index contributed by atoms with van der Waals surface area (Å²) in [4.78, 5) is 0. The Morgan fingerprint density at radius 1 is 1.60 bits per heavy atom. The molecule has 0 unspecified atom stereocenters. The molecule has 0 aromatic rings. The van der Waals surface area contributed by atoms with Crippen molar-refractivity contribution >= 4 is 15.9 Å². The molecule has 1 aliphatic carbocycles. The molecule has 3 heteroatoms. The molecule has 0 bridgehead atoms. The van der Waals surface area contributed by atoms with E-state index in [0.29, 0.717) is 22.9 Å². The normalized spacial score (nSPS) is 18.3. The fraction of sp³-hybridized carbons (Fsp3) is 0.286. The van der Waals surface area contributed by atoms with E-state index in [9.17, 15) is 4.39 Å². The second-order valence-corrected chi connectivity index (χ2v) is 2.88. The van der Waals surface area contributed by atoms with Crippen LogP contribution in [0.5, 0.6) is 0 Å². The van der Waals surface area contributed by atoms with Crippen LogP contribution in [-0.4, -0.2) is 0 Å². The van der Waals surface area contributed by atoms with Crippen LogP contribution < -0.4 is 0 Å². The van der Waals surface area contributed by atoms with Gasteiger partial charge in [-0.15, -0.1) is 0 Å². The second-order valence-electron chi connectivity index (χ2n) is 2.03. The lowest BCUT2D eigenvalue weighted by Gasteiger charge is -2.05. The third-order valence-electron chi connectivity index (χ3n) is 1.32. The van der Waals surface area contributed by atoms with Crippen molar-refractivity contribution in [2.24, 2.45) is 0 Å². The largest absolute Gasteiger partial charge is 0.212 e. The van der Waals surface area contributed by atoms with Crippen molar-refractivity contribution in [2.75, 3.05) is 0 Å². The van der Waals surface area contributed by atoms with Crippen LogP contribution in [0.1, 0.15) is 12.8 Å². The van der Waals surface area contributed by atoms with Gasteiger partial charge < -0.3 is 0 Å². The summed E-state index contributed by atoms with van der Waals surface area (Å²) in [6, 6.07) is 2.00. The molecule has 0 fully saturated rings. The molecule has 1 nitrogen and oxygen atoms in total. The Morgan fingerprint density at radius 3 is 2.80 bits per heavy atom. The first-order chi connectivity index (χ1) is 4.74. The fourth-order valence-electron chi connectivity index (χ4n) is 0.770. The highest BCUT2D eigenvalue weighted by Gasteiger charge is 2.09. The minimum atomic E-state index is -0.161. The summed E-state index contributed by atoms with van der Waals surface area (Å²) < 4.78 is 13.0. The molecule has 52 valence electrons. The molecule has 0 N–H and O–H groups in total. The molecule has 0 aliphatic heterocycles. The molecule has 0 saturated carbocycles. The Morgan fingerprint density at radius 2 is 2.30 bits per heavy atom. The van der Waals surface area contributed by atoms with E-state index >= 15 is 0 Å². The summed E-state index contributed by atoms with van der Waals surface area (Å²) in [5.41, 5.74) is 0.626. The van der Waals surface area contributed by atoms with Crippen molar-refractivity contribution in [2.45, 2.75) is 12.8 Å². The van der Waals surface area contributed by atoms with Gasteiger partial charge in [0.05, 0.1) is 6.07 Å². The average molecular weight is 202 g/mol. The molecule has 0 aromatic carbocycles. The lowest BCUT2D eigenvalue weighted by Crippen LogP contribution is -1.90. The van der Waals surface area contributed by atoms with E-state index in [1.165, 1.54) is 6.08 Å².